The van der Waals surface area contributed by atoms with E-state index in [4.69, 9.17) is 11.6 Å². The predicted octanol–water partition coefficient (Wildman–Crippen LogP) is 3.12. The Labute approximate surface area is 146 Å². The number of carbonyl (C=O) groups excluding carboxylic acids is 1. The van der Waals surface area contributed by atoms with E-state index < -0.39 is 27.4 Å². The number of hydrogen-bond acceptors (Lipinski definition) is 4. The van der Waals surface area contributed by atoms with Crippen LogP contribution in [-0.4, -0.2) is 48.6 Å². The van der Waals surface area contributed by atoms with Gasteiger partial charge in [0.15, 0.2) is 0 Å². The number of rotatable bonds is 3. The Hall–Kier alpha value is -2.23. The summed E-state index contributed by atoms with van der Waals surface area (Å²) in [5.41, 5.74) is -1.90. The fourth-order valence-electron chi connectivity index (χ4n) is 2.58. The lowest BCUT2D eigenvalue weighted by Gasteiger charge is -2.35. The molecule has 1 aliphatic heterocycles. The number of anilines is 1. The molecule has 0 aliphatic carbocycles. The van der Waals surface area contributed by atoms with Crippen LogP contribution in [-0.2, 0) is 6.18 Å². The van der Waals surface area contributed by atoms with Crippen molar-refractivity contribution < 1.29 is 22.9 Å². The van der Waals surface area contributed by atoms with E-state index in [1.54, 1.807) is 11.8 Å². The number of urea groups is 1. The van der Waals surface area contributed by atoms with E-state index in [1.165, 1.54) is 4.90 Å². The second-order valence-electron chi connectivity index (χ2n) is 5.39. The number of nitrogens with zero attached hydrogens (tertiary/aromatic N) is 3. The van der Waals surface area contributed by atoms with E-state index in [-0.39, 0.29) is 24.8 Å². The van der Waals surface area contributed by atoms with Gasteiger partial charge in [-0.1, -0.05) is 11.6 Å². The average molecular weight is 381 g/mol. The van der Waals surface area contributed by atoms with Gasteiger partial charge in [-0.05, 0) is 13.0 Å². The fraction of sp³-hybridized carbons (Fsp3) is 0.500. The first-order chi connectivity index (χ1) is 11.6. The van der Waals surface area contributed by atoms with Crippen LogP contribution in [0.5, 0.6) is 0 Å². The molecule has 0 aromatic heterocycles. The number of nitro groups is 1. The molecule has 7 nitrogen and oxygen atoms in total. The molecule has 2 amide bonds. The minimum absolute atomic E-state index is 0.0125. The maximum atomic E-state index is 12.9. The number of alkyl halides is 3. The Morgan fingerprint density at radius 3 is 2.40 bits per heavy atom. The quantitative estimate of drug-likeness (QED) is 0.645. The number of piperazine rings is 1. The van der Waals surface area contributed by atoms with Crippen LogP contribution in [0.15, 0.2) is 12.1 Å². The Morgan fingerprint density at radius 2 is 1.92 bits per heavy atom. The van der Waals surface area contributed by atoms with E-state index >= 15 is 0 Å². The summed E-state index contributed by atoms with van der Waals surface area (Å²) in [5, 5.41) is 13.3. The molecule has 11 heteroatoms. The first-order valence-electron chi connectivity index (χ1n) is 7.48. The summed E-state index contributed by atoms with van der Waals surface area (Å²) in [6.45, 7) is 3.34. The number of carbonyl (C=O) groups is 1. The van der Waals surface area contributed by atoms with Gasteiger partial charge in [0.05, 0.1) is 15.5 Å². The van der Waals surface area contributed by atoms with Crippen LogP contribution in [0.2, 0.25) is 5.02 Å². The van der Waals surface area contributed by atoms with Crippen molar-refractivity contribution in [2.45, 2.75) is 13.1 Å². The van der Waals surface area contributed by atoms with Crippen LogP contribution in [0.1, 0.15) is 12.5 Å². The molecule has 1 fully saturated rings. The zero-order chi connectivity index (χ0) is 18.8. The van der Waals surface area contributed by atoms with Gasteiger partial charge in [-0.2, -0.15) is 13.2 Å². The van der Waals surface area contributed by atoms with Gasteiger partial charge >= 0.3 is 12.2 Å². The van der Waals surface area contributed by atoms with Crippen LogP contribution in [0.4, 0.5) is 29.3 Å². The average Bonchev–Trinajstić information content (AvgIpc) is 2.53. The highest BCUT2D eigenvalue weighted by Gasteiger charge is 2.37. The summed E-state index contributed by atoms with van der Waals surface area (Å²) < 4.78 is 38.7. The van der Waals surface area contributed by atoms with Crippen LogP contribution in [0.25, 0.3) is 0 Å². The van der Waals surface area contributed by atoms with E-state index in [0.29, 0.717) is 25.7 Å². The van der Waals surface area contributed by atoms with Crippen LogP contribution < -0.4 is 10.2 Å². The zero-order valence-electron chi connectivity index (χ0n) is 13.3. The molecule has 0 unspecified atom stereocenters. The Kier molecular flexibility index (Phi) is 5.61. The number of hydrogen-bond donors (Lipinski definition) is 1. The summed E-state index contributed by atoms with van der Waals surface area (Å²) in [7, 11) is 0. The molecule has 1 saturated heterocycles. The van der Waals surface area contributed by atoms with Crippen LogP contribution >= 0.6 is 11.6 Å². The normalized spacial score (nSPS) is 15.2. The third-order valence-corrected chi connectivity index (χ3v) is 4.11. The molecule has 2 rings (SSSR count). The fourth-order valence-corrected chi connectivity index (χ4v) is 2.85. The third kappa shape index (κ3) is 4.25. The summed E-state index contributed by atoms with van der Waals surface area (Å²) in [6, 6.07) is 1.17. The third-order valence-electron chi connectivity index (χ3n) is 3.80. The summed E-state index contributed by atoms with van der Waals surface area (Å²) in [4.78, 5) is 25.2. The minimum atomic E-state index is -4.78. The lowest BCUT2D eigenvalue weighted by molar-refractivity contribution is -0.384. The monoisotopic (exact) mass is 380 g/mol. The maximum Gasteiger partial charge on any atom is 0.418 e. The molecular formula is C14H16ClF3N4O3. The molecule has 138 valence electrons. The first-order valence-corrected chi connectivity index (χ1v) is 7.85. The molecule has 1 heterocycles. The van der Waals surface area contributed by atoms with Gasteiger partial charge in [0, 0.05) is 38.8 Å². The molecule has 1 N–H and O–H groups in total. The highest BCUT2D eigenvalue weighted by Crippen LogP contribution is 2.41. The van der Waals surface area contributed by atoms with E-state index in [1.807, 2.05) is 0 Å². The molecule has 0 radical (unpaired) electrons. The molecular weight excluding hydrogens is 365 g/mol. The summed E-state index contributed by atoms with van der Waals surface area (Å²) in [5.74, 6) is 0. The zero-order valence-corrected chi connectivity index (χ0v) is 14.0. The summed E-state index contributed by atoms with van der Waals surface area (Å²) >= 11 is 5.69. The van der Waals surface area contributed by atoms with Crippen molar-refractivity contribution in [2.75, 3.05) is 37.6 Å². The number of halogens is 4. The van der Waals surface area contributed by atoms with Gasteiger partial charge in [-0.3, -0.25) is 10.1 Å². The molecule has 1 aromatic carbocycles. The molecule has 1 aromatic rings. The SMILES string of the molecule is CCNC(=O)N1CCN(c2cc(Cl)c(C(F)(F)F)cc2[N+](=O)[O-])CC1. The molecule has 0 bridgehead atoms. The Morgan fingerprint density at radius 1 is 1.32 bits per heavy atom. The van der Waals surface area contributed by atoms with E-state index in [0.717, 1.165) is 6.07 Å². The van der Waals surface area contributed by atoms with Crippen molar-refractivity contribution >= 4 is 29.0 Å². The highest BCUT2D eigenvalue weighted by molar-refractivity contribution is 6.31. The van der Waals surface area contributed by atoms with Gasteiger partial charge in [-0.25, -0.2) is 4.79 Å². The minimum Gasteiger partial charge on any atom is -0.362 e. The van der Waals surface area contributed by atoms with E-state index in [2.05, 4.69) is 5.32 Å². The van der Waals surface area contributed by atoms with Gasteiger partial charge in [0.1, 0.15) is 5.69 Å². The largest absolute Gasteiger partial charge is 0.418 e. The smallest absolute Gasteiger partial charge is 0.362 e. The lowest BCUT2D eigenvalue weighted by Crippen LogP contribution is -2.52. The van der Waals surface area contributed by atoms with Crippen molar-refractivity contribution in [3.63, 3.8) is 0 Å². The van der Waals surface area contributed by atoms with Crippen molar-refractivity contribution in [3.8, 4) is 0 Å². The van der Waals surface area contributed by atoms with Crippen LogP contribution in [0.3, 0.4) is 0 Å². The maximum absolute atomic E-state index is 12.9. The number of nitrogens with one attached hydrogen (secondary N) is 1. The topological polar surface area (TPSA) is 78.7 Å². The van der Waals surface area contributed by atoms with Crippen molar-refractivity contribution in [2.24, 2.45) is 0 Å². The van der Waals surface area contributed by atoms with Crippen molar-refractivity contribution in [1.29, 1.82) is 0 Å². The Balaban J connectivity index is 2.27. The Bertz CT molecular complexity index is 676. The summed E-state index contributed by atoms with van der Waals surface area (Å²) in [6.07, 6.45) is -4.78. The standard InChI is InChI=1S/C14H16ClF3N4O3/c1-2-19-13(23)21-5-3-20(4-6-21)11-8-10(15)9(14(16,17)18)7-12(11)22(24)25/h7-8H,2-6H2,1H3,(H,19,23). The second kappa shape index (κ2) is 7.34. The number of nitro benzene ring substituents is 1. The second-order valence-corrected chi connectivity index (χ2v) is 5.79. The van der Waals surface area contributed by atoms with Gasteiger partial charge in [0.2, 0.25) is 0 Å². The number of benzene rings is 1. The predicted molar refractivity (Wildman–Crippen MR) is 86.0 cm³/mol. The van der Waals surface area contributed by atoms with Crippen molar-refractivity contribution in [1.82, 2.24) is 10.2 Å². The molecule has 0 atom stereocenters. The lowest BCUT2D eigenvalue weighted by atomic mass is 10.1. The molecule has 25 heavy (non-hydrogen) atoms. The van der Waals surface area contributed by atoms with Crippen LogP contribution in [0, 0.1) is 10.1 Å². The van der Waals surface area contributed by atoms with E-state index in [9.17, 15) is 28.1 Å². The molecule has 0 spiro atoms. The van der Waals surface area contributed by atoms with Gasteiger partial charge < -0.3 is 15.1 Å². The molecule has 1 aliphatic rings. The number of amides is 2. The highest BCUT2D eigenvalue weighted by atomic mass is 35.5. The molecule has 0 saturated carbocycles. The van der Waals surface area contributed by atoms with Gasteiger partial charge in [-0.15, -0.1) is 0 Å². The first kappa shape index (κ1) is 19.1. The van der Waals surface area contributed by atoms with Crippen molar-refractivity contribution in [3.05, 3.63) is 32.8 Å². The van der Waals surface area contributed by atoms with Gasteiger partial charge in [0.25, 0.3) is 5.69 Å².